The van der Waals surface area contributed by atoms with E-state index in [9.17, 15) is 9.59 Å². The highest BCUT2D eigenvalue weighted by Crippen LogP contribution is 2.16. The number of rotatable bonds is 4. The van der Waals surface area contributed by atoms with Crippen molar-refractivity contribution in [2.24, 2.45) is 0 Å². The van der Waals surface area contributed by atoms with Crippen LogP contribution in [0.2, 0.25) is 0 Å². The van der Waals surface area contributed by atoms with Gasteiger partial charge in [-0.05, 0) is 25.0 Å². The van der Waals surface area contributed by atoms with E-state index in [0.29, 0.717) is 24.0 Å². The zero-order chi connectivity index (χ0) is 18.3. The summed E-state index contributed by atoms with van der Waals surface area (Å²) >= 11 is 0. The fourth-order valence-corrected chi connectivity index (χ4v) is 3.65. The first kappa shape index (κ1) is 16.3. The van der Waals surface area contributed by atoms with Gasteiger partial charge in [0, 0.05) is 35.4 Å². The molecule has 2 heterocycles. The summed E-state index contributed by atoms with van der Waals surface area (Å²) in [5, 5.41) is 0. The Labute approximate surface area is 151 Å². The molecule has 0 bridgehead atoms. The summed E-state index contributed by atoms with van der Waals surface area (Å²) in [5.74, 6) is 0. The number of benzene rings is 2. The van der Waals surface area contributed by atoms with Gasteiger partial charge in [0.15, 0.2) is 0 Å². The second-order valence-electron chi connectivity index (χ2n) is 6.69. The van der Waals surface area contributed by atoms with E-state index >= 15 is 0 Å². The number of hydrogen-bond acceptors (Lipinski definition) is 2. The van der Waals surface area contributed by atoms with Crippen molar-refractivity contribution in [3.63, 3.8) is 0 Å². The third kappa shape index (κ3) is 2.54. The van der Waals surface area contributed by atoms with Crippen molar-refractivity contribution in [3.8, 4) is 0 Å². The maximum atomic E-state index is 12.9. The molecule has 0 aliphatic heterocycles. The van der Waals surface area contributed by atoms with E-state index in [1.807, 2.05) is 74.5 Å². The van der Waals surface area contributed by atoms with E-state index in [1.54, 1.807) is 4.52 Å². The molecular formula is C22H20N2O2. The van der Waals surface area contributed by atoms with Gasteiger partial charge >= 0.3 is 0 Å². The molecule has 0 atom stereocenters. The maximum Gasteiger partial charge on any atom is 0.278 e. The van der Waals surface area contributed by atoms with Crippen LogP contribution in [0.1, 0.15) is 33.6 Å². The number of aromatic nitrogens is 2. The first-order chi connectivity index (χ1) is 12.6. The van der Waals surface area contributed by atoms with E-state index in [2.05, 4.69) is 0 Å². The zero-order valence-corrected chi connectivity index (χ0v) is 14.9. The standard InChI is InChI=1S/C22H20N2O2/c1-15-19(13-17-9-5-3-6-10-17)21(25)24-22(26)20(16(2)23(15)24)14-18-11-7-4-8-12-18/h3-12H,13-14H2,1-2H3. The lowest BCUT2D eigenvalue weighted by molar-refractivity contribution is 0.768. The predicted molar refractivity (Wildman–Crippen MR) is 103 cm³/mol. The highest BCUT2D eigenvalue weighted by molar-refractivity contribution is 5.34. The molecule has 0 saturated carbocycles. The average molecular weight is 344 g/mol. The van der Waals surface area contributed by atoms with Crippen LogP contribution in [-0.2, 0) is 12.8 Å². The monoisotopic (exact) mass is 344 g/mol. The SMILES string of the molecule is Cc1c(Cc2ccccc2)c(=O)n2c(=O)c(Cc3ccccc3)c(C)n12. The van der Waals surface area contributed by atoms with Crippen molar-refractivity contribution in [2.75, 3.05) is 0 Å². The maximum absolute atomic E-state index is 12.9. The van der Waals surface area contributed by atoms with Gasteiger partial charge in [0.25, 0.3) is 11.1 Å². The van der Waals surface area contributed by atoms with Crippen LogP contribution in [-0.4, -0.2) is 9.03 Å². The molecule has 4 nitrogen and oxygen atoms in total. The van der Waals surface area contributed by atoms with Crippen LogP contribution in [0.4, 0.5) is 0 Å². The van der Waals surface area contributed by atoms with Gasteiger partial charge in [-0.3, -0.25) is 14.1 Å². The third-order valence-corrected chi connectivity index (χ3v) is 5.06. The Bertz CT molecular complexity index is 1080. The van der Waals surface area contributed by atoms with Crippen molar-refractivity contribution in [3.05, 3.63) is 115 Å². The molecule has 4 aromatic rings. The van der Waals surface area contributed by atoms with Crippen LogP contribution >= 0.6 is 0 Å². The van der Waals surface area contributed by atoms with Gasteiger partial charge in [0.05, 0.1) is 0 Å². The second-order valence-corrected chi connectivity index (χ2v) is 6.69. The summed E-state index contributed by atoms with van der Waals surface area (Å²) in [6.45, 7) is 3.83. The molecule has 0 spiro atoms. The summed E-state index contributed by atoms with van der Waals surface area (Å²) < 4.78 is 3.07. The molecule has 4 rings (SSSR count). The van der Waals surface area contributed by atoms with E-state index in [0.717, 1.165) is 22.5 Å². The molecule has 0 aliphatic rings. The van der Waals surface area contributed by atoms with Gasteiger partial charge in [-0.2, -0.15) is 4.52 Å². The lowest BCUT2D eigenvalue weighted by Crippen LogP contribution is -2.25. The Hall–Kier alpha value is -3.14. The normalized spacial score (nSPS) is 11.3. The molecule has 2 aromatic carbocycles. The predicted octanol–water partition coefficient (Wildman–Crippen LogP) is 3.00. The molecule has 4 heteroatoms. The molecule has 130 valence electrons. The highest BCUT2D eigenvalue weighted by atomic mass is 16.2. The lowest BCUT2D eigenvalue weighted by Gasteiger charge is -2.02. The van der Waals surface area contributed by atoms with Crippen molar-refractivity contribution in [1.29, 1.82) is 0 Å². The Balaban J connectivity index is 1.84. The number of nitrogens with zero attached hydrogens (tertiary/aromatic N) is 2. The molecule has 0 aliphatic carbocycles. The average Bonchev–Trinajstić information content (AvgIpc) is 3.05. The first-order valence-corrected chi connectivity index (χ1v) is 8.74. The summed E-state index contributed by atoms with van der Waals surface area (Å²) in [4.78, 5) is 25.9. The van der Waals surface area contributed by atoms with E-state index < -0.39 is 0 Å². The summed E-state index contributed by atoms with van der Waals surface area (Å²) in [6.07, 6.45) is 1.07. The van der Waals surface area contributed by atoms with Crippen molar-refractivity contribution < 1.29 is 0 Å². The molecular weight excluding hydrogens is 324 g/mol. The van der Waals surface area contributed by atoms with Crippen LogP contribution in [0.15, 0.2) is 70.3 Å². The van der Waals surface area contributed by atoms with Crippen molar-refractivity contribution in [2.45, 2.75) is 26.7 Å². The van der Waals surface area contributed by atoms with E-state index in [-0.39, 0.29) is 11.1 Å². The smallest absolute Gasteiger partial charge is 0.267 e. The number of hydrogen-bond donors (Lipinski definition) is 0. The summed E-state index contributed by atoms with van der Waals surface area (Å²) in [6, 6.07) is 19.7. The molecule has 2 aromatic heterocycles. The fourth-order valence-electron chi connectivity index (χ4n) is 3.65. The van der Waals surface area contributed by atoms with Crippen molar-refractivity contribution in [1.82, 2.24) is 9.03 Å². The molecule has 0 N–H and O–H groups in total. The molecule has 0 unspecified atom stereocenters. The van der Waals surface area contributed by atoms with Gasteiger partial charge in [-0.15, -0.1) is 0 Å². The molecule has 26 heavy (non-hydrogen) atoms. The molecule has 0 amide bonds. The minimum atomic E-state index is -0.209. The van der Waals surface area contributed by atoms with Gasteiger partial charge in [-0.1, -0.05) is 60.7 Å². The van der Waals surface area contributed by atoms with Gasteiger partial charge in [-0.25, -0.2) is 0 Å². The second kappa shape index (κ2) is 6.30. The van der Waals surface area contributed by atoms with Crippen LogP contribution < -0.4 is 11.1 Å². The Morgan fingerprint density at radius 1 is 0.615 bits per heavy atom. The fraction of sp³-hybridized carbons (Fsp3) is 0.182. The van der Waals surface area contributed by atoms with E-state index in [4.69, 9.17) is 0 Å². The minimum absolute atomic E-state index is 0.209. The largest absolute Gasteiger partial charge is 0.278 e. The van der Waals surface area contributed by atoms with E-state index in [1.165, 1.54) is 4.52 Å². The van der Waals surface area contributed by atoms with Crippen LogP contribution in [0.3, 0.4) is 0 Å². The van der Waals surface area contributed by atoms with Gasteiger partial charge in [0.1, 0.15) is 0 Å². The lowest BCUT2D eigenvalue weighted by atomic mass is 10.0. The highest BCUT2D eigenvalue weighted by Gasteiger charge is 2.22. The zero-order valence-electron chi connectivity index (χ0n) is 14.9. The topological polar surface area (TPSA) is 43.0 Å². The third-order valence-electron chi connectivity index (χ3n) is 5.06. The van der Waals surface area contributed by atoms with Gasteiger partial charge < -0.3 is 0 Å². The number of fused-ring (bicyclic) bond motifs is 1. The summed E-state index contributed by atoms with van der Waals surface area (Å²) in [5.41, 5.74) is 4.76. The molecule has 0 fully saturated rings. The Morgan fingerprint density at radius 3 is 1.35 bits per heavy atom. The quantitative estimate of drug-likeness (QED) is 0.571. The minimum Gasteiger partial charge on any atom is -0.267 e. The Kier molecular flexibility index (Phi) is 3.96. The van der Waals surface area contributed by atoms with Crippen LogP contribution in [0.25, 0.3) is 0 Å². The van der Waals surface area contributed by atoms with Crippen LogP contribution in [0.5, 0.6) is 0 Å². The Morgan fingerprint density at radius 2 is 1.00 bits per heavy atom. The van der Waals surface area contributed by atoms with Crippen LogP contribution in [0, 0.1) is 13.8 Å². The van der Waals surface area contributed by atoms with Gasteiger partial charge in [0.2, 0.25) is 0 Å². The molecule has 0 saturated heterocycles. The summed E-state index contributed by atoms with van der Waals surface area (Å²) in [7, 11) is 0. The first-order valence-electron chi connectivity index (χ1n) is 8.74. The van der Waals surface area contributed by atoms with Crippen molar-refractivity contribution >= 4 is 0 Å². The molecule has 0 radical (unpaired) electrons. The number of aryl methyl sites for hydroxylation is 2.